The van der Waals surface area contributed by atoms with Crippen molar-refractivity contribution in [1.29, 1.82) is 0 Å². The minimum atomic E-state index is 0.822. The van der Waals surface area contributed by atoms with E-state index in [9.17, 15) is 0 Å². The van der Waals surface area contributed by atoms with Crippen LogP contribution in [0.15, 0.2) is 41.4 Å². The maximum absolute atomic E-state index is 4.51. The van der Waals surface area contributed by atoms with Gasteiger partial charge in [0, 0.05) is 17.3 Å². The highest BCUT2D eigenvalue weighted by molar-refractivity contribution is 5.87. The van der Waals surface area contributed by atoms with Crippen molar-refractivity contribution < 1.29 is 0 Å². The van der Waals surface area contributed by atoms with Crippen LogP contribution in [0.5, 0.6) is 0 Å². The summed E-state index contributed by atoms with van der Waals surface area (Å²) in [6.45, 7) is 2.85. The van der Waals surface area contributed by atoms with E-state index < -0.39 is 0 Å². The predicted octanol–water partition coefficient (Wildman–Crippen LogP) is 2.66. The van der Waals surface area contributed by atoms with Gasteiger partial charge in [-0.3, -0.25) is 0 Å². The summed E-state index contributed by atoms with van der Waals surface area (Å²) in [5.41, 5.74) is 3.27. The molecule has 0 saturated carbocycles. The fraction of sp³-hybridized carbons (Fsp3) is 0.167. The van der Waals surface area contributed by atoms with E-state index in [1.165, 1.54) is 0 Å². The van der Waals surface area contributed by atoms with Crippen LogP contribution in [0, 0.1) is 0 Å². The fourth-order valence-electron chi connectivity index (χ4n) is 1.81. The van der Waals surface area contributed by atoms with Gasteiger partial charge in [0.15, 0.2) is 5.82 Å². The van der Waals surface area contributed by atoms with E-state index in [1.807, 2.05) is 35.9 Å². The van der Waals surface area contributed by atoms with Crippen molar-refractivity contribution in [2.75, 3.05) is 0 Å². The van der Waals surface area contributed by atoms with Crippen LogP contribution in [-0.4, -0.2) is 15.5 Å². The molecule has 0 spiro atoms. The molecule has 0 unspecified atom stereocenters. The quantitative estimate of drug-likeness (QED) is 0.691. The van der Waals surface area contributed by atoms with E-state index in [0.717, 1.165) is 29.3 Å². The Morgan fingerprint density at radius 3 is 2.73 bits per heavy atom. The largest absolute Gasteiger partial charge is 0.241 e. The highest BCUT2D eigenvalue weighted by Crippen LogP contribution is 2.26. The zero-order valence-corrected chi connectivity index (χ0v) is 8.51. The first kappa shape index (κ1) is 8.41. The summed E-state index contributed by atoms with van der Waals surface area (Å²) in [4.78, 5) is 4.42. The van der Waals surface area contributed by atoms with Gasteiger partial charge in [-0.15, -0.1) is 0 Å². The lowest BCUT2D eigenvalue weighted by atomic mass is 10.2. The third-order valence-corrected chi connectivity index (χ3v) is 2.51. The summed E-state index contributed by atoms with van der Waals surface area (Å²) in [5.74, 6) is 0.964. The number of aromatic nitrogens is 2. The second-order valence-electron chi connectivity index (χ2n) is 3.76. The smallest absolute Gasteiger partial charge is 0.151 e. The molecule has 0 N–H and O–H groups in total. The fourth-order valence-corrected chi connectivity index (χ4v) is 1.81. The van der Waals surface area contributed by atoms with E-state index in [2.05, 4.69) is 22.2 Å². The molecule has 3 rings (SSSR count). The Balaban J connectivity index is 2.06. The minimum absolute atomic E-state index is 0.822. The number of hydrogen-bond donors (Lipinski definition) is 0. The Labute approximate surface area is 88.1 Å². The molecule has 0 atom stereocenters. The lowest BCUT2D eigenvalue weighted by Crippen LogP contribution is -2.00. The molecule has 0 bridgehead atoms. The number of fused-ring (bicyclic) bond motifs is 1. The van der Waals surface area contributed by atoms with Gasteiger partial charge in [0.05, 0.1) is 12.2 Å². The maximum Gasteiger partial charge on any atom is 0.151 e. The molecular weight excluding hydrogens is 186 g/mol. The molecule has 2 aromatic rings. The molecule has 0 radical (unpaired) electrons. The normalized spacial score (nSPS) is 13.8. The van der Waals surface area contributed by atoms with Gasteiger partial charge in [-0.2, -0.15) is 5.10 Å². The molecule has 1 aliphatic rings. The average Bonchev–Trinajstić information content (AvgIpc) is 2.76. The Bertz CT molecular complexity index is 523. The maximum atomic E-state index is 4.51. The van der Waals surface area contributed by atoms with Crippen LogP contribution in [0.1, 0.15) is 6.92 Å². The third kappa shape index (κ3) is 1.36. The average molecular weight is 197 g/mol. The monoisotopic (exact) mass is 197 g/mol. The van der Waals surface area contributed by atoms with Crippen molar-refractivity contribution in [3.05, 3.63) is 36.4 Å². The zero-order chi connectivity index (χ0) is 10.3. The van der Waals surface area contributed by atoms with Crippen molar-refractivity contribution >= 4 is 11.5 Å². The lowest BCUT2D eigenvalue weighted by Gasteiger charge is -1.95. The Morgan fingerprint density at radius 2 is 2.00 bits per heavy atom. The van der Waals surface area contributed by atoms with E-state index in [4.69, 9.17) is 0 Å². The van der Waals surface area contributed by atoms with Crippen LogP contribution in [-0.2, 0) is 6.54 Å². The van der Waals surface area contributed by atoms with E-state index in [0.29, 0.717) is 0 Å². The van der Waals surface area contributed by atoms with Gasteiger partial charge in [-0.25, -0.2) is 9.67 Å². The topological polar surface area (TPSA) is 30.2 Å². The number of benzene rings is 1. The molecule has 15 heavy (non-hydrogen) atoms. The molecule has 0 saturated heterocycles. The first-order valence-electron chi connectivity index (χ1n) is 5.00. The van der Waals surface area contributed by atoms with Gasteiger partial charge in [-0.1, -0.05) is 30.3 Å². The summed E-state index contributed by atoms with van der Waals surface area (Å²) >= 11 is 0. The van der Waals surface area contributed by atoms with Crippen LogP contribution in [0.3, 0.4) is 0 Å². The van der Waals surface area contributed by atoms with E-state index >= 15 is 0 Å². The molecule has 0 fully saturated rings. The SMILES string of the molecule is CC1=Nc2cc(-c3ccccc3)nn2C1. The Hall–Kier alpha value is -1.90. The van der Waals surface area contributed by atoms with Crippen LogP contribution in [0.2, 0.25) is 0 Å². The number of nitrogens with zero attached hydrogens (tertiary/aromatic N) is 3. The highest BCUT2D eigenvalue weighted by atomic mass is 15.3. The predicted molar refractivity (Wildman–Crippen MR) is 60.4 cm³/mol. The van der Waals surface area contributed by atoms with Crippen molar-refractivity contribution in [3.8, 4) is 11.3 Å². The Morgan fingerprint density at radius 1 is 1.20 bits per heavy atom. The number of hydrogen-bond acceptors (Lipinski definition) is 2. The van der Waals surface area contributed by atoms with Gasteiger partial charge in [-0.05, 0) is 6.92 Å². The van der Waals surface area contributed by atoms with Gasteiger partial charge in [0.1, 0.15) is 0 Å². The Kier molecular flexibility index (Phi) is 1.71. The molecule has 0 aliphatic carbocycles. The molecule has 1 aliphatic heterocycles. The van der Waals surface area contributed by atoms with Crippen molar-refractivity contribution in [1.82, 2.24) is 9.78 Å². The van der Waals surface area contributed by atoms with Crippen molar-refractivity contribution in [2.24, 2.45) is 4.99 Å². The van der Waals surface area contributed by atoms with Crippen LogP contribution in [0.25, 0.3) is 11.3 Å². The second kappa shape index (κ2) is 3.05. The standard InChI is InChI=1S/C12H11N3/c1-9-8-15-12(13-9)7-11(14-15)10-5-3-2-4-6-10/h2-7H,8H2,1H3. The first-order valence-corrected chi connectivity index (χ1v) is 5.00. The van der Waals surface area contributed by atoms with Crippen molar-refractivity contribution in [2.45, 2.75) is 13.5 Å². The second-order valence-corrected chi connectivity index (χ2v) is 3.76. The molecule has 1 aromatic carbocycles. The number of aliphatic imine (C=N–C) groups is 1. The number of rotatable bonds is 1. The molecule has 2 heterocycles. The van der Waals surface area contributed by atoms with Gasteiger partial charge < -0.3 is 0 Å². The molecule has 74 valence electrons. The molecular formula is C12H11N3. The zero-order valence-electron chi connectivity index (χ0n) is 8.51. The third-order valence-electron chi connectivity index (χ3n) is 2.51. The van der Waals surface area contributed by atoms with Gasteiger partial charge in [0.25, 0.3) is 0 Å². The highest BCUT2D eigenvalue weighted by Gasteiger charge is 2.14. The van der Waals surface area contributed by atoms with Gasteiger partial charge in [0.2, 0.25) is 0 Å². The summed E-state index contributed by atoms with van der Waals surface area (Å²) in [5, 5.41) is 4.51. The molecule has 1 aromatic heterocycles. The van der Waals surface area contributed by atoms with Crippen LogP contribution in [0.4, 0.5) is 5.82 Å². The van der Waals surface area contributed by atoms with Gasteiger partial charge >= 0.3 is 0 Å². The first-order chi connectivity index (χ1) is 7.33. The summed E-state index contributed by atoms with van der Waals surface area (Å²) in [7, 11) is 0. The summed E-state index contributed by atoms with van der Waals surface area (Å²) in [6.07, 6.45) is 0. The van der Waals surface area contributed by atoms with Crippen molar-refractivity contribution in [3.63, 3.8) is 0 Å². The van der Waals surface area contributed by atoms with E-state index in [1.54, 1.807) is 0 Å². The van der Waals surface area contributed by atoms with E-state index in [-0.39, 0.29) is 0 Å². The summed E-state index contributed by atoms with van der Waals surface area (Å²) in [6, 6.07) is 12.2. The van der Waals surface area contributed by atoms with Crippen LogP contribution < -0.4 is 0 Å². The van der Waals surface area contributed by atoms with Crippen LogP contribution >= 0.6 is 0 Å². The summed E-state index contributed by atoms with van der Waals surface area (Å²) < 4.78 is 1.94. The minimum Gasteiger partial charge on any atom is -0.241 e. The molecule has 0 amide bonds. The lowest BCUT2D eigenvalue weighted by molar-refractivity contribution is 0.754. The molecule has 3 heteroatoms. The molecule has 3 nitrogen and oxygen atoms in total.